The molecule has 1 aromatic carbocycles. The van der Waals surface area contributed by atoms with Gasteiger partial charge in [0.25, 0.3) is 0 Å². The van der Waals surface area contributed by atoms with Gasteiger partial charge in [-0.25, -0.2) is 10.2 Å². The molecular formula is C19H25N3O3. The minimum atomic E-state index is -0.263. The lowest BCUT2D eigenvalue weighted by Crippen LogP contribution is -2.61. The highest BCUT2D eigenvalue weighted by Crippen LogP contribution is 2.55. The molecule has 0 heterocycles. The number of aromatic hydroxyl groups is 1. The summed E-state index contributed by atoms with van der Waals surface area (Å²) in [5.41, 5.74) is 3.00. The van der Waals surface area contributed by atoms with Crippen molar-refractivity contribution in [1.82, 2.24) is 10.7 Å². The van der Waals surface area contributed by atoms with Crippen molar-refractivity contribution in [3.63, 3.8) is 0 Å². The molecule has 134 valence electrons. The number of ether oxygens (including phenoxy) is 1. The number of carbonyl (C=O) groups is 1. The fraction of sp³-hybridized carbons (Fsp3) is 0.579. The zero-order valence-electron chi connectivity index (χ0n) is 14.5. The Labute approximate surface area is 147 Å². The Hall–Kier alpha value is -2.24. The molecule has 0 aromatic heterocycles. The topological polar surface area (TPSA) is 83.0 Å². The van der Waals surface area contributed by atoms with Gasteiger partial charge in [-0.15, -0.1) is 0 Å². The molecule has 4 fully saturated rings. The van der Waals surface area contributed by atoms with E-state index in [1.165, 1.54) is 32.6 Å². The van der Waals surface area contributed by atoms with Gasteiger partial charge in [-0.3, -0.25) is 0 Å². The Bertz CT molecular complexity index is 666. The molecule has 0 saturated heterocycles. The summed E-state index contributed by atoms with van der Waals surface area (Å²) in [6, 6.07) is 4.87. The molecule has 0 aliphatic heterocycles. The third-order valence-electron chi connectivity index (χ3n) is 6.04. The van der Waals surface area contributed by atoms with Crippen molar-refractivity contribution in [2.45, 2.75) is 44.1 Å². The average molecular weight is 343 g/mol. The Balaban J connectivity index is 1.37. The molecule has 6 heteroatoms. The zero-order valence-corrected chi connectivity index (χ0v) is 14.5. The van der Waals surface area contributed by atoms with Gasteiger partial charge < -0.3 is 15.2 Å². The first-order chi connectivity index (χ1) is 12.1. The van der Waals surface area contributed by atoms with E-state index in [9.17, 15) is 9.90 Å². The lowest BCUT2D eigenvalue weighted by atomic mass is 9.53. The van der Waals surface area contributed by atoms with Gasteiger partial charge in [0.1, 0.15) is 0 Å². The number of benzene rings is 1. The standard InChI is InChI=1S/C19H25N3O3/c1-25-16-4-2-3-15(17(16)23)11-20-22-18(24)21-19-8-12-5-13(9-19)7-14(6-12)10-19/h2-4,11-14,23H,5-10H2,1H3,(H2,21,22,24)/b20-11-. The van der Waals surface area contributed by atoms with E-state index in [1.54, 1.807) is 18.2 Å². The van der Waals surface area contributed by atoms with Crippen LogP contribution in [0.4, 0.5) is 4.79 Å². The van der Waals surface area contributed by atoms with Crippen LogP contribution in [0.5, 0.6) is 11.5 Å². The molecule has 6 nitrogen and oxygen atoms in total. The molecule has 1 aromatic rings. The van der Waals surface area contributed by atoms with Crippen molar-refractivity contribution in [3.05, 3.63) is 23.8 Å². The molecule has 0 atom stereocenters. The van der Waals surface area contributed by atoms with E-state index in [-0.39, 0.29) is 17.3 Å². The normalized spacial score (nSPS) is 32.8. The number of para-hydroxylation sites is 1. The highest BCUT2D eigenvalue weighted by molar-refractivity contribution is 5.86. The predicted molar refractivity (Wildman–Crippen MR) is 94.8 cm³/mol. The molecule has 3 N–H and O–H groups in total. The number of hydrogen-bond donors (Lipinski definition) is 3. The van der Waals surface area contributed by atoms with E-state index < -0.39 is 0 Å². The second kappa shape index (κ2) is 6.24. The molecule has 4 bridgehead atoms. The number of nitrogens with one attached hydrogen (secondary N) is 2. The molecule has 0 radical (unpaired) electrons. The highest BCUT2D eigenvalue weighted by atomic mass is 16.5. The molecule has 5 rings (SSSR count). The van der Waals surface area contributed by atoms with E-state index in [0.717, 1.165) is 37.0 Å². The van der Waals surface area contributed by atoms with Gasteiger partial charge in [-0.05, 0) is 68.4 Å². The van der Waals surface area contributed by atoms with E-state index in [2.05, 4.69) is 15.8 Å². The van der Waals surface area contributed by atoms with E-state index in [1.807, 2.05) is 0 Å². The second-order valence-corrected chi connectivity index (χ2v) is 7.92. The van der Waals surface area contributed by atoms with Crippen molar-refractivity contribution < 1.29 is 14.6 Å². The first-order valence-electron chi connectivity index (χ1n) is 9.04. The minimum Gasteiger partial charge on any atom is -0.504 e. The lowest BCUT2D eigenvalue weighted by molar-refractivity contribution is -0.0135. The Morgan fingerprint density at radius 3 is 2.48 bits per heavy atom. The first kappa shape index (κ1) is 16.2. The maximum absolute atomic E-state index is 12.3. The quantitative estimate of drug-likeness (QED) is 0.580. The van der Waals surface area contributed by atoms with Crippen LogP contribution >= 0.6 is 0 Å². The van der Waals surface area contributed by atoms with E-state index in [4.69, 9.17) is 4.74 Å². The van der Waals surface area contributed by atoms with E-state index >= 15 is 0 Å². The SMILES string of the molecule is COc1cccc(/C=N\NC(=O)NC23CC4CC(CC(C4)C2)C3)c1O. The maximum atomic E-state index is 12.3. The largest absolute Gasteiger partial charge is 0.504 e. The monoisotopic (exact) mass is 343 g/mol. The van der Waals surface area contributed by atoms with Crippen LogP contribution in [0, 0.1) is 17.8 Å². The van der Waals surface area contributed by atoms with Crippen molar-refractivity contribution in [3.8, 4) is 11.5 Å². The molecule has 25 heavy (non-hydrogen) atoms. The molecule has 4 saturated carbocycles. The Morgan fingerprint density at radius 1 is 1.24 bits per heavy atom. The van der Waals surface area contributed by atoms with Crippen molar-refractivity contribution in [2.24, 2.45) is 22.9 Å². The van der Waals surface area contributed by atoms with Gasteiger partial charge >= 0.3 is 6.03 Å². The summed E-state index contributed by atoms with van der Waals surface area (Å²) in [5, 5.41) is 17.2. The summed E-state index contributed by atoms with van der Waals surface area (Å²) in [5.74, 6) is 2.73. The van der Waals surface area contributed by atoms with Crippen LogP contribution in [0.2, 0.25) is 0 Å². The van der Waals surface area contributed by atoms with Gasteiger partial charge in [0.05, 0.1) is 13.3 Å². The van der Waals surface area contributed by atoms with Crippen molar-refractivity contribution >= 4 is 12.2 Å². The number of urea groups is 1. The van der Waals surface area contributed by atoms with Crippen LogP contribution in [0.1, 0.15) is 44.1 Å². The number of amides is 2. The molecule has 0 unspecified atom stereocenters. The fourth-order valence-corrected chi connectivity index (χ4v) is 5.50. The number of hydrogen-bond acceptors (Lipinski definition) is 4. The number of carbonyl (C=O) groups excluding carboxylic acids is 1. The number of phenols is 1. The summed E-state index contributed by atoms with van der Waals surface area (Å²) < 4.78 is 5.06. The number of rotatable bonds is 4. The first-order valence-corrected chi connectivity index (χ1v) is 9.04. The fourth-order valence-electron chi connectivity index (χ4n) is 5.50. The van der Waals surface area contributed by atoms with Crippen LogP contribution in [0.3, 0.4) is 0 Å². The third kappa shape index (κ3) is 3.17. The zero-order chi connectivity index (χ0) is 17.4. The van der Waals surface area contributed by atoms with Gasteiger partial charge in [0.2, 0.25) is 0 Å². The van der Waals surface area contributed by atoms with Crippen LogP contribution in [-0.2, 0) is 0 Å². The van der Waals surface area contributed by atoms with Gasteiger partial charge in [-0.2, -0.15) is 5.10 Å². The summed E-state index contributed by atoms with van der Waals surface area (Å²) in [6.07, 6.45) is 8.77. The van der Waals surface area contributed by atoms with Crippen LogP contribution in [0.25, 0.3) is 0 Å². The molecule has 4 aliphatic rings. The molecule has 2 amide bonds. The van der Waals surface area contributed by atoms with Crippen molar-refractivity contribution in [1.29, 1.82) is 0 Å². The van der Waals surface area contributed by atoms with Crippen LogP contribution < -0.4 is 15.5 Å². The van der Waals surface area contributed by atoms with Gasteiger partial charge in [0, 0.05) is 11.1 Å². The summed E-state index contributed by atoms with van der Waals surface area (Å²) >= 11 is 0. The predicted octanol–water partition coefficient (Wildman–Crippen LogP) is 3.00. The second-order valence-electron chi connectivity index (χ2n) is 7.92. The number of methoxy groups -OCH3 is 1. The summed E-state index contributed by atoms with van der Waals surface area (Å²) in [4.78, 5) is 12.3. The highest BCUT2D eigenvalue weighted by Gasteiger charge is 2.51. The van der Waals surface area contributed by atoms with Crippen molar-refractivity contribution in [2.75, 3.05) is 7.11 Å². The van der Waals surface area contributed by atoms with Crippen LogP contribution in [-0.4, -0.2) is 30.0 Å². The summed E-state index contributed by atoms with van der Waals surface area (Å²) in [7, 11) is 1.49. The maximum Gasteiger partial charge on any atom is 0.335 e. The van der Waals surface area contributed by atoms with Crippen LogP contribution in [0.15, 0.2) is 23.3 Å². The molecule has 0 spiro atoms. The molecule has 4 aliphatic carbocycles. The average Bonchev–Trinajstić information content (AvgIpc) is 2.54. The Kier molecular flexibility index (Phi) is 4.06. The lowest BCUT2D eigenvalue weighted by Gasteiger charge is -2.56. The van der Waals surface area contributed by atoms with Gasteiger partial charge in [-0.1, -0.05) is 6.07 Å². The Morgan fingerprint density at radius 2 is 1.88 bits per heavy atom. The number of phenolic OH excluding ortho intramolecular Hbond substituents is 1. The summed E-state index contributed by atoms with van der Waals surface area (Å²) in [6.45, 7) is 0. The van der Waals surface area contributed by atoms with E-state index in [0.29, 0.717) is 11.3 Å². The molecular weight excluding hydrogens is 318 g/mol. The third-order valence-corrected chi connectivity index (χ3v) is 6.04. The smallest absolute Gasteiger partial charge is 0.335 e. The minimum absolute atomic E-state index is 0.0112. The number of hydrazone groups is 1. The van der Waals surface area contributed by atoms with Gasteiger partial charge in [0.15, 0.2) is 11.5 Å². The number of nitrogens with zero attached hydrogens (tertiary/aromatic N) is 1.